The lowest BCUT2D eigenvalue weighted by Crippen LogP contribution is -2.37. The highest BCUT2D eigenvalue weighted by Gasteiger charge is 2.21. The fourth-order valence-electron chi connectivity index (χ4n) is 2.71. The number of carbonyl (C=O) groups is 1. The van der Waals surface area contributed by atoms with Crippen molar-refractivity contribution in [3.05, 3.63) is 36.4 Å². The highest BCUT2D eigenvalue weighted by Crippen LogP contribution is 2.30. The number of fused-ring (bicyclic) bond motifs is 1. The first kappa shape index (κ1) is 12.9. The van der Waals surface area contributed by atoms with Gasteiger partial charge in [-0.15, -0.1) is 0 Å². The number of rotatable bonds is 2. The third kappa shape index (κ3) is 2.47. The lowest BCUT2D eigenvalue weighted by Gasteiger charge is -2.22. The number of benzene rings is 2. The van der Waals surface area contributed by atoms with Crippen molar-refractivity contribution in [3.8, 4) is 5.75 Å². The van der Waals surface area contributed by atoms with Crippen molar-refractivity contribution in [2.24, 2.45) is 5.92 Å². The third-order valence-electron chi connectivity index (χ3n) is 3.82. The molecular formula is C16H18N2O2. The summed E-state index contributed by atoms with van der Waals surface area (Å²) in [5, 5.41) is 17.7. The van der Waals surface area contributed by atoms with E-state index in [0.717, 1.165) is 42.4 Å². The molecule has 1 aliphatic heterocycles. The molecule has 0 radical (unpaired) electrons. The van der Waals surface area contributed by atoms with Crippen molar-refractivity contribution < 1.29 is 9.90 Å². The van der Waals surface area contributed by atoms with E-state index in [9.17, 15) is 9.90 Å². The zero-order chi connectivity index (χ0) is 13.9. The standard InChI is InChI=1S/C16H18N2O2/c19-15-8-2-5-12-13(15)6-1-7-14(12)18-16(20)11-4-3-9-17-10-11/h1-2,5-8,11,17,19H,3-4,9-10H2,(H,18,20). The number of anilines is 1. The molecule has 1 aliphatic rings. The van der Waals surface area contributed by atoms with Crippen molar-refractivity contribution in [3.63, 3.8) is 0 Å². The van der Waals surface area contributed by atoms with Gasteiger partial charge in [-0.05, 0) is 31.5 Å². The van der Waals surface area contributed by atoms with E-state index in [1.165, 1.54) is 0 Å². The van der Waals surface area contributed by atoms with Crippen LogP contribution in [-0.4, -0.2) is 24.1 Å². The Bertz CT molecular complexity index is 633. The zero-order valence-electron chi connectivity index (χ0n) is 11.2. The molecular weight excluding hydrogens is 252 g/mol. The van der Waals surface area contributed by atoms with Crippen molar-refractivity contribution in [1.82, 2.24) is 5.32 Å². The smallest absolute Gasteiger partial charge is 0.228 e. The Balaban J connectivity index is 1.87. The molecule has 1 atom stereocenters. The van der Waals surface area contributed by atoms with Gasteiger partial charge in [0.25, 0.3) is 0 Å². The first-order valence-electron chi connectivity index (χ1n) is 6.98. The maximum atomic E-state index is 12.3. The predicted octanol–water partition coefficient (Wildman–Crippen LogP) is 2.48. The second-order valence-electron chi connectivity index (χ2n) is 5.21. The zero-order valence-corrected chi connectivity index (χ0v) is 11.2. The van der Waals surface area contributed by atoms with Crippen LogP contribution in [0.15, 0.2) is 36.4 Å². The van der Waals surface area contributed by atoms with Crippen molar-refractivity contribution in [2.45, 2.75) is 12.8 Å². The van der Waals surface area contributed by atoms with Crippen molar-refractivity contribution in [2.75, 3.05) is 18.4 Å². The number of hydrogen-bond donors (Lipinski definition) is 3. The Hall–Kier alpha value is -2.07. The summed E-state index contributed by atoms with van der Waals surface area (Å²) in [6.45, 7) is 1.73. The van der Waals surface area contributed by atoms with Crippen LogP contribution in [0, 0.1) is 5.92 Å². The third-order valence-corrected chi connectivity index (χ3v) is 3.82. The van der Waals surface area contributed by atoms with Gasteiger partial charge in [0.2, 0.25) is 5.91 Å². The molecule has 1 saturated heterocycles. The van der Waals surface area contributed by atoms with E-state index < -0.39 is 0 Å². The number of phenolic OH excluding ortho intramolecular Hbond substituents is 1. The van der Waals surface area contributed by atoms with E-state index in [4.69, 9.17) is 0 Å². The summed E-state index contributed by atoms with van der Waals surface area (Å²) in [7, 11) is 0. The SMILES string of the molecule is O=C(Nc1cccc2c(O)cccc12)C1CCCNC1. The number of aromatic hydroxyl groups is 1. The van der Waals surface area contributed by atoms with Crippen LogP contribution in [0.1, 0.15) is 12.8 Å². The summed E-state index contributed by atoms with van der Waals surface area (Å²) in [4.78, 5) is 12.3. The normalized spacial score (nSPS) is 18.9. The van der Waals surface area contributed by atoms with Gasteiger partial charge in [0.1, 0.15) is 5.75 Å². The average Bonchev–Trinajstić information content (AvgIpc) is 2.49. The lowest BCUT2D eigenvalue weighted by atomic mass is 9.98. The van der Waals surface area contributed by atoms with Crippen LogP contribution < -0.4 is 10.6 Å². The van der Waals surface area contributed by atoms with Crippen LogP contribution in [0.2, 0.25) is 0 Å². The lowest BCUT2D eigenvalue weighted by molar-refractivity contribution is -0.120. The van der Waals surface area contributed by atoms with E-state index >= 15 is 0 Å². The van der Waals surface area contributed by atoms with Crippen LogP contribution in [0.5, 0.6) is 5.75 Å². The van der Waals surface area contributed by atoms with Gasteiger partial charge in [-0.25, -0.2) is 0 Å². The molecule has 3 N–H and O–H groups in total. The summed E-state index contributed by atoms with van der Waals surface area (Å²) in [6, 6.07) is 10.9. The maximum Gasteiger partial charge on any atom is 0.228 e. The highest BCUT2D eigenvalue weighted by molar-refractivity contribution is 6.04. The number of carbonyl (C=O) groups excluding carboxylic acids is 1. The summed E-state index contributed by atoms with van der Waals surface area (Å²) < 4.78 is 0. The molecule has 0 spiro atoms. The molecule has 0 aliphatic carbocycles. The Morgan fingerprint density at radius 2 is 2.00 bits per heavy atom. The summed E-state index contributed by atoms with van der Waals surface area (Å²) in [6.07, 6.45) is 1.96. The molecule has 0 saturated carbocycles. The molecule has 1 heterocycles. The fraction of sp³-hybridized carbons (Fsp3) is 0.312. The van der Waals surface area contributed by atoms with Gasteiger partial charge in [-0.1, -0.05) is 24.3 Å². The number of nitrogens with one attached hydrogen (secondary N) is 2. The maximum absolute atomic E-state index is 12.3. The second-order valence-corrected chi connectivity index (χ2v) is 5.21. The first-order valence-corrected chi connectivity index (χ1v) is 6.98. The second kappa shape index (κ2) is 5.51. The van der Waals surface area contributed by atoms with Gasteiger partial charge in [0.05, 0.1) is 5.92 Å². The van der Waals surface area contributed by atoms with Gasteiger partial charge >= 0.3 is 0 Å². The van der Waals surface area contributed by atoms with Gasteiger partial charge in [-0.3, -0.25) is 4.79 Å². The van der Waals surface area contributed by atoms with E-state index in [2.05, 4.69) is 10.6 Å². The Morgan fingerprint density at radius 1 is 1.20 bits per heavy atom. The monoisotopic (exact) mass is 270 g/mol. The molecule has 3 rings (SSSR count). The molecule has 20 heavy (non-hydrogen) atoms. The number of amides is 1. The molecule has 4 heteroatoms. The van der Waals surface area contributed by atoms with Crippen LogP contribution >= 0.6 is 0 Å². The van der Waals surface area contributed by atoms with Crippen LogP contribution in [-0.2, 0) is 4.79 Å². The minimum Gasteiger partial charge on any atom is -0.507 e. The molecule has 1 amide bonds. The van der Waals surface area contributed by atoms with Gasteiger partial charge in [-0.2, -0.15) is 0 Å². The fourth-order valence-corrected chi connectivity index (χ4v) is 2.71. The van der Waals surface area contributed by atoms with Crippen molar-refractivity contribution >= 4 is 22.4 Å². The van der Waals surface area contributed by atoms with Gasteiger partial charge in [0, 0.05) is 23.0 Å². The van der Waals surface area contributed by atoms with E-state index in [1.807, 2.05) is 24.3 Å². The summed E-state index contributed by atoms with van der Waals surface area (Å²) >= 11 is 0. The van der Waals surface area contributed by atoms with Gasteiger partial charge in [0.15, 0.2) is 0 Å². The molecule has 1 fully saturated rings. The average molecular weight is 270 g/mol. The molecule has 2 aromatic carbocycles. The van der Waals surface area contributed by atoms with Gasteiger partial charge < -0.3 is 15.7 Å². The van der Waals surface area contributed by atoms with Crippen LogP contribution in [0.3, 0.4) is 0 Å². The van der Waals surface area contributed by atoms with Crippen LogP contribution in [0.25, 0.3) is 10.8 Å². The molecule has 0 bridgehead atoms. The molecule has 4 nitrogen and oxygen atoms in total. The first-order chi connectivity index (χ1) is 9.75. The van der Waals surface area contributed by atoms with E-state index in [1.54, 1.807) is 12.1 Å². The molecule has 0 aromatic heterocycles. The molecule has 104 valence electrons. The van der Waals surface area contributed by atoms with Crippen LogP contribution in [0.4, 0.5) is 5.69 Å². The minimum absolute atomic E-state index is 0.0244. The topological polar surface area (TPSA) is 61.4 Å². The predicted molar refractivity (Wildman–Crippen MR) is 79.8 cm³/mol. The Labute approximate surface area is 117 Å². The quantitative estimate of drug-likeness (QED) is 0.785. The molecule has 1 unspecified atom stereocenters. The Kier molecular flexibility index (Phi) is 3.56. The van der Waals surface area contributed by atoms with E-state index in [-0.39, 0.29) is 17.6 Å². The number of phenols is 1. The summed E-state index contributed by atoms with van der Waals surface area (Å²) in [5.74, 6) is 0.308. The molecule has 2 aromatic rings. The number of piperidine rings is 1. The number of hydrogen-bond acceptors (Lipinski definition) is 3. The highest BCUT2D eigenvalue weighted by atomic mass is 16.3. The Morgan fingerprint density at radius 3 is 2.80 bits per heavy atom. The summed E-state index contributed by atoms with van der Waals surface area (Å²) in [5.41, 5.74) is 0.758. The van der Waals surface area contributed by atoms with Crippen molar-refractivity contribution in [1.29, 1.82) is 0 Å². The van der Waals surface area contributed by atoms with E-state index in [0.29, 0.717) is 0 Å². The minimum atomic E-state index is 0.0244. The largest absolute Gasteiger partial charge is 0.507 e.